The second-order valence-electron chi connectivity index (χ2n) is 8.60. The van der Waals surface area contributed by atoms with Crippen molar-refractivity contribution in [2.75, 3.05) is 11.1 Å². The molecule has 2 rings (SSSR count). The molecule has 2 aromatic rings. The zero-order valence-corrected chi connectivity index (χ0v) is 24.2. The van der Waals surface area contributed by atoms with E-state index in [1.165, 1.54) is 18.2 Å². The van der Waals surface area contributed by atoms with E-state index >= 15 is 0 Å². The van der Waals surface area contributed by atoms with Crippen molar-refractivity contribution >= 4 is 59.7 Å². The summed E-state index contributed by atoms with van der Waals surface area (Å²) in [5.74, 6) is -3.92. The third kappa shape index (κ3) is 16.1. The number of rotatable bonds is 14. The third-order valence-corrected chi connectivity index (χ3v) is 5.94. The molecule has 0 saturated carbocycles. The Hall–Kier alpha value is -2.75. The van der Waals surface area contributed by atoms with Crippen LogP contribution in [0.5, 0.6) is 0 Å². The number of hydrogen-bond acceptors (Lipinski definition) is 5. The van der Waals surface area contributed by atoms with Crippen LogP contribution in [0.3, 0.4) is 0 Å². The first-order valence-electron chi connectivity index (χ1n) is 12.3. The van der Waals surface area contributed by atoms with Gasteiger partial charge in [-0.05, 0) is 73.2 Å². The maximum Gasteiger partial charge on any atom is 0.335 e. The topological polar surface area (TPSA) is 149 Å². The highest BCUT2D eigenvalue weighted by Gasteiger charge is 2.19. The molecule has 0 aliphatic carbocycles. The van der Waals surface area contributed by atoms with Crippen LogP contribution >= 0.6 is 35.8 Å². The molecule has 0 radical (unpaired) electrons. The molecule has 2 aromatic carbocycles. The Morgan fingerprint density at radius 1 is 0.744 bits per heavy atom. The molecule has 0 saturated heterocycles. The van der Waals surface area contributed by atoms with Crippen molar-refractivity contribution in [1.29, 1.82) is 0 Å². The average molecular weight is 604 g/mol. The second kappa shape index (κ2) is 21.1. The molecule has 0 aliphatic rings. The van der Waals surface area contributed by atoms with E-state index in [0.29, 0.717) is 31.4 Å². The Morgan fingerprint density at radius 3 is 1.44 bits per heavy atom. The van der Waals surface area contributed by atoms with Gasteiger partial charge in [0.2, 0.25) is 0 Å². The number of alkyl halides is 2. The molecule has 2 unspecified atom stereocenters. The fourth-order valence-electron chi connectivity index (χ4n) is 3.65. The molecule has 0 fully saturated rings. The van der Waals surface area contributed by atoms with E-state index in [9.17, 15) is 19.2 Å². The molecule has 0 bridgehead atoms. The fourth-order valence-corrected chi connectivity index (χ4v) is 3.83. The molecule has 11 heteroatoms. The van der Waals surface area contributed by atoms with Crippen LogP contribution in [0.2, 0.25) is 0 Å². The van der Waals surface area contributed by atoms with Crippen molar-refractivity contribution in [3.8, 4) is 0 Å². The fraction of sp³-hybridized carbons (Fsp3) is 0.429. The number of benzene rings is 2. The van der Waals surface area contributed by atoms with Crippen LogP contribution < -0.4 is 0 Å². The van der Waals surface area contributed by atoms with Crippen LogP contribution in [0.1, 0.15) is 70.9 Å². The standard InChI is InChI=1S/C14H18O4.C13H16O4S.CH2Cl2/c1-2-3-6-11(13(15)16)8-10-5-4-7-12(9-10)14(17)18;14-12(15)10-4-1-3-9(7-10)8-11(13(16)17)5-2-6-18;2-1-3/h4-5,7,9,11H,2-3,6,8H2,1H3,(H,15,16)(H,17,18);1,3-4,7,11,18H,2,5-6,8H2,(H,14,15)(H,16,17);1H2. The molecule has 216 valence electrons. The molecule has 39 heavy (non-hydrogen) atoms. The largest absolute Gasteiger partial charge is 0.481 e. The Labute approximate surface area is 244 Å². The summed E-state index contributed by atoms with van der Waals surface area (Å²) in [5, 5.41) is 36.2. The van der Waals surface area contributed by atoms with Crippen LogP contribution in [0.4, 0.5) is 0 Å². The maximum atomic E-state index is 11.1. The molecule has 0 aliphatic heterocycles. The molecular formula is C28H36Cl2O8S. The Bertz CT molecular complexity index is 966. The van der Waals surface area contributed by atoms with Gasteiger partial charge in [-0.1, -0.05) is 44.0 Å². The van der Waals surface area contributed by atoms with Crippen molar-refractivity contribution in [2.24, 2.45) is 11.8 Å². The van der Waals surface area contributed by atoms with Crippen molar-refractivity contribution < 1.29 is 39.6 Å². The predicted octanol–water partition coefficient (Wildman–Crippen LogP) is 6.58. The van der Waals surface area contributed by atoms with E-state index in [0.717, 1.165) is 30.4 Å². The summed E-state index contributed by atoms with van der Waals surface area (Å²) in [6.07, 6.45) is 4.48. The van der Waals surface area contributed by atoms with E-state index in [2.05, 4.69) is 12.6 Å². The number of hydrogen-bond donors (Lipinski definition) is 5. The van der Waals surface area contributed by atoms with Gasteiger partial charge in [0.1, 0.15) is 0 Å². The number of aliphatic carboxylic acids is 2. The van der Waals surface area contributed by atoms with Crippen LogP contribution in [0.15, 0.2) is 48.5 Å². The van der Waals surface area contributed by atoms with Crippen molar-refractivity contribution in [1.82, 2.24) is 0 Å². The van der Waals surface area contributed by atoms with Gasteiger partial charge >= 0.3 is 23.9 Å². The van der Waals surface area contributed by atoms with Gasteiger partial charge in [0.05, 0.1) is 28.3 Å². The summed E-state index contributed by atoms with van der Waals surface area (Å²) in [7, 11) is 0. The quantitative estimate of drug-likeness (QED) is 0.120. The number of unbranched alkanes of at least 4 members (excludes halogenated alkanes) is 1. The first-order chi connectivity index (χ1) is 18.5. The van der Waals surface area contributed by atoms with Crippen LogP contribution in [0, 0.1) is 11.8 Å². The Morgan fingerprint density at radius 2 is 1.13 bits per heavy atom. The van der Waals surface area contributed by atoms with Crippen molar-refractivity contribution in [2.45, 2.75) is 51.9 Å². The van der Waals surface area contributed by atoms with E-state index in [-0.39, 0.29) is 16.5 Å². The van der Waals surface area contributed by atoms with Gasteiger partial charge in [0.15, 0.2) is 0 Å². The smallest absolute Gasteiger partial charge is 0.335 e. The van der Waals surface area contributed by atoms with Gasteiger partial charge in [-0.25, -0.2) is 9.59 Å². The summed E-state index contributed by atoms with van der Waals surface area (Å²) in [6, 6.07) is 12.9. The van der Waals surface area contributed by atoms with Crippen LogP contribution in [-0.2, 0) is 22.4 Å². The summed E-state index contributed by atoms with van der Waals surface area (Å²) < 4.78 is 0. The van der Waals surface area contributed by atoms with E-state index in [4.69, 9.17) is 43.6 Å². The van der Waals surface area contributed by atoms with Crippen LogP contribution in [-0.4, -0.2) is 55.4 Å². The highest BCUT2D eigenvalue weighted by Crippen LogP contribution is 2.18. The first kappa shape index (κ1) is 36.2. The minimum absolute atomic E-state index is 0.186. The molecule has 0 spiro atoms. The number of carboxylic acid groups (broad SMARTS) is 4. The predicted molar refractivity (Wildman–Crippen MR) is 156 cm³/mol. The van der Waals surface area contributed by atoms with Gasteiger partial charge in [-0.3, -0.25) is 9.59 Å². The summed E-state index contributed by atoms with van der Waals surface area (Å²) in [5.41, 5.74) is 1.89. The number of carboxylic acids is 4. The van der Waals surface area contributed by atoms with E-state index in [1.54, 1.807) is 30.3 Å². The van der Waals surface area contributed by atoms with E-state index < -0.39 is 35.7 Å². The number of thiol groups is 1. The molecule has 8 nitrogen and oxygen atoms in total. The SMILES string of the molecule is CCCCC(Cc1cccc(C(=O)O)c1)C(=O)O.ClCCl.O=C(O)c1cccc(CC(CCCS)C(=O)O)c1. The minimum Gasteiger partial charge on any atom is -0.481 e. The Kier molecular flexibility index (Phi) is 19.6. The molecule has 4 N–H and O–H groups in total. The van der Waals surface area contributed by atoms with Crippen molar-refractivity contribution in [3.05, 3.63) is 70.8 Å². The monoisotopic (exact) mass is 602 g/mol. The molecule has 0 amide bonds. The van der Waals surface area contributed by atoms with Gasteiger partial charge in [0.25, 0.3) is 0 Å². The highest BCUT2D eigenvalue weighted by molar-refractivity contribution is 7.80. The number of carbonyl (C=O) groups is 4. The lowest BCUT2D eigenvalue weighted by Crippen LogP contribution is -2.17. The minimum atomic E-state index is -1.00. The molecule has 0 heterocycles. The lowest BCUT2D eigenvalue weighted by atomic mass is 9.93. The van der Waals surface area contributed by atoms with Gasteiger partial charge < -0.3 is 20.4 Å². The zero-order chi connectivity index (χ0) is 29.8. The second-order valence-corrected chi connectivity index (χ2v) is 9.85. The lowest BCUT2D eigenvalue weighted by Gasteiger charge is -2.12. The van der Waals surface area contributed by atoms with Gasteiger partial charge in [-0.2, -0.15) is 12.6 Å². The normalized spacial score (nSPS) is 11.6. The van der Waals surface area contributed by atoms with E-state index in [1.807, 2.05) is 6.92 Å². The summed E-state index contributed by atoms with van der Waals surface area (Å²) in [4.78, 5) is 43.8. The lowest BCUT2D eigenvalue weighted by molar-refractivity contribution is -0.142. The maximum absolute atomic E-state index is 11.1. The highest BCUT2D eigenvalue weighted by atomic mass is 35.5. The number of aromatic carboxylic acids is 2. The number of halogens is 2. The van der Waals surface area contributed by atoms with Gasteiger partial charge in [-0.15, -0.1) is 23.2 Å². The summed E-state index contributed by atoms with van der Waals surface area (Å²) >= 11 is 13.6. The Balaban J connectivity index is 0.000000673. The molecule has 0 aromatic heterocycles. The zero-order valence-electron chi connectivity index (χ0n) is 21.8. The van der Waals surface area contributed by atoms with Crippen molar-refractivity contribution in [3.63, 3.8) is 0 Å². The van der Waals surface area contributed by atoms with Gasteiger partial charge in [0, 0.05) is 0 Å². The molecule has 2 atom stereocenters. The third-order valence-electron chi connectivity index (χ3n) is 5.63. The average Bonchev–Trinajstić information content (AvgIpc) is 2.89. The molecular weight excluding hydrogens is 567 g/mol. The van der Waals surface area contributed by atoms with Crippen LogP contribution in [0.25, 0.3) is 0 Å². The first-order valence-corrected chi connectivity index (χ1v) is 14.0. The summed E-state index contributed by atoms with van der Waals surface area (Å²) in [6.45, 7) is 2.02.